The Hall–Kier alpha value is 0.0600. The summed E-state index contributed by atoms with van der Waals surface area (Å²) in [7, 11) is 0.547. The molecule has 0 saturated heterocycles. The minimum absolute atomic E-state index is 0.00301. The van der Waals surface area contributed by atoms with Crippen molar-refractivity contribution >= 4 is 7.80 Å². The molecule has 0 aliphatic carbocycles. The van der Waals surface area contributed by atoms with Gasteiger partial charge in [-0.1, -0.05) is 56.9 Å². The van der Waals surface area contributed by atoms with Gasteiger partial charge >= 0.3 is 7.80 Å². The van der Waals surface area contributed by atoms with Crippen molar-refractivity contribution in [3.8, 4) is 0 Å². The van der Waals surface area contributed by atoms with Gasteiger partial charge in [-0.3, -0.25) is 0 Å². The van der Waals surface area contributed by atoms with Crippen molar-refractivity contribution in [3.05, 3.63) is 0 Å². The molecule has 18 heavy (non-hydrogen) atoms. The molecule has 0 saturated carbocycles. The summed E-state index contributed by atoms with van der Waals surface area (Å²) in [5.41, 5.74) is 0. The summed E-state index contributed by atoms with van der Waals surface area (Å²) in [6, 6.07) is 0. The lowest BCUT2D eigenvalue weighted by molar-refractivity contribution is 0.155. The van der Waals surface area contributed by atoms with Crippen molar-refractivity contribution in [1.82, 2.24) is 0 Å². The lowest BCUT2D eigenvalue weighted by atomic mass is 10.1. The number of rotatable bonds is 13. The topological polar surface area (TPSA) is 26.3 Å². The van der Waals surface area contributed by atoms with Crippen LogP contribution in [0.15, 0.2) is 0 Å². The SMILES string of the molecule is CCCCCCCC(OC)[P+](=O)CCCCCC. The maximum atomic E-state index is 12.1. The fraction of sp³-hybridized carbons (Fsp3) is 1.00. The molecule has 0 aliphatic heterocycles. The Morgan fingerprint density at radius 2 is 1.44 bits per heavy atom. The highest BCUT2D eigenvalue weighted by molar-refractivity contribution is 7.45. The van der Waals surface area contributed by atoms with Gasteiger partial charge in [0.05, 0.1) is 0 Å². The highest BCUT2D eigenvalue weighted by Crippen LogP contribution is 2.33. The van der Waals surface area contributed by atoms with Crippen LogP contribution in [0.2, 0.25) is 0 Å². The minimum atomic E-state index is -1.16. The van der Waals surface area contributed by atoms with Crippen molar-refractivity contribution in [2.24, 2.45) is 0 Å². The van der Waals surface area contributed by atoms with Crippen LogP contribution in [0.25, 0.3) is 0 Å². The van der Waals surface area contributed by atoms with Crippen molar-refractivity contribution in [1.29, 1.82) is 0 Å². The maximum absolute atomic E-state index is 12.1. The van der Waals surface area contributed by atoms with E-state index < -0.39 is 7.80 Å². The van der Waals surface area contributed by atoms with Crippen molar-refractivity contribution in [3.63, 3.8) is 0 Å². The van der Waals surface area contributed by atoms with E-state index >= 15 is 0 Å². The molecule has 0 spiro atoms. The van der Waals surface area contributed by atoms with Crippen molar-refractivity contribution in [2.75, 3.05) is 13.3 Å². The molecule has 2 atom stereocenters. The predicted octanol–water partition coefficient (Wildman–Crippen LogP) is 5.73. The quantitative estimate of drug-likeness (QED) is 0.317. The zero-order valence-electron chi connectivity index (χ0n) is 12.6. The van der Waals surface area contributed by atoms with Crippen LogP contribution in [0.5, 0.6) is 0 Å². The molecule has 0 aromatic carbocycles. The molecule has 0 fully saturated rings. The summed E-state index contributed by atoms with van der Waals surface area (Å²) in [5.74, 6) is 0.00301. The Morgan fingerprint density at radius 3 is 2.00 bits per heavy atom. The fourth-order valence-corrected chi connectivity index (χ4v) is 3.67. The molecule has 0 heterocycles. The molecule has 0 N–H and O–H groups in total. The Labute approximate surface area is 115 Å². The van der Waals surface area contributed by atoms with Crippen LogP contribution in [-0.4, -0.2) is 19.1 Å². The molecule has 2 nitrogen and oxygen atoms in total. The van der Waals surface area contributed by atoms with E-state index in [4.69, 9.17) is 4.74 Å². The van der Waals surface area contributed by atoms with Crippen LogP contribution in [0.4, 0.5) is 0 Å². The van der Waals surface area contributed by atoms with Crippen LogP contribution in [0.3, 0.4) is 0 Å². The van der Waals surface area contributed by atoms with E-state index in [0.717, 1.165) is 25.4 Å². The zero-order chi connectivity index (χ0) is 13.6. The summed E-state index contributed by atoms with van der Waals surface area (Å²) in [6.45, 7) is 4.43. The van der Waals surface area contributed by atoms with E-state index in [1.54, 1.807) is 7.11 Å². The summed E-state index contributed by atoms with van der Waals surface area (Å²) < 4.78 is 17.5. The standard InChI is InChI=1S/C15H32O2P/c1-4-6-8-10-11-13-15(17-3)18(16)14-12-9-7-5-2/h15H,4-14H2,1-3H3/q+1. The zero-order valence-corrected chi connectivity index (χ0v) is 13.5. The number of unbranched alkanes of at least 4 members (excludes halogenated alkanes) is 7. The monoisotopic (exact) mass is 275 g/mol. The third-order valence-corrected chi connectivity index (χ3v) is 5.25. The molecule has 0 radical (unpaired) electrons. The van der Waals surface area contributed by atoms with Crippen LogP contribution >= 0.6 is 7.80 Å². The van der Waals surface area contributed by atoms with Gasteiger partial charge in [-0.15, -0.1) is 0 Å². The summed E-state index contributed by atoms with van der Waals surface area (Å²) in [6.07, 6.45) is 13.0. The van der Waals surface area contributed by atoms with Gasteiger partial charge in [0, 0.05) is 13.5 Å². The van der Waals surface area contributed by atoms with Gasteiger partial charge in [-0.25, -0.2) is 0 Å². The predicted molar refractivity (Wildman–Crippen MR) is 80.8 cm³/mol. The molecule has 0 rings (SSSR count). The van der Waals surface area contributed by atoms with Gasteiger partial charge in [0.2, 0.25) is 0 Å². The maximum Gasteiger partial charge on any atom is 0.370 e. The van der Waals surface area contributed by atoms with Gasteiger partial charge in [0.15, 0.2) is 0 Å². The first-order valence-corrected chi connectivity index (χ1v) is 9.24. The number of hydrogen-bond donors (Lipinski definition) is 0. The molecule has 0 aliphatic rings. The fourth-order valence-electron chi connectivity index (χ4n) is 2.14. The molecular weight excluding hydrogens is 243 g/mol. The van der Waals surface area contributed by atoms with E-state index in [1.807, 2.05) is 0 Å². The molecule has 0 bridgehead atoms. The largest absolute Gasteiger partial charge is 0.370 e. The third-order valence-electron chi connectivity index (χ3n) is 3.38. The van der Waals surface area contributed by atoms with Crippen LogP contribution in [0.1, 0.15) is 78.1 Å². The van der Waals surface area contributed by atoms with E-state index in [0.29, 0.717) is 0 Å². The minimum Gasteiger partial charge on any atom is -0.338 e. The van der Waals surface area contributed by atoms with Crippen molar-refractivity contribution in [2.45, 2.75) is 83.9 Å². The van der Waals surface area contributed by atoms with Crippen molar-refractivity contribution < 1.29 is 9.30 Å². The smallest absolute Gasteiger partial charge is 0.338 e. The Balaban J connectivity index is 3.62. The summed E-state index contributed by atoms with van der Waals surface area (Å²) >= 11 is 0. The van der Waals surface area contributed by atoms with Crippen LogP contribution in [0, 0.1) is 0 Å². The normalized spacial score (nSPS) is 13.6. The first-order chi connectivity index (χ1) is 8.76. The second-order valence-electron chi connectivity index (χ2n) is 5.09. The molecule has 0 aromatic rings. The van der Waals surface area contributed by atoms with E-state index in [1.165, 1.54) is 44.9 Å². The molecule has 2 unspecified atom stereocenters. The van der Waals surface area contributed by atoms with Gasteiger partial charge in [0.25, 0.3) is 5.85 Å². The summed E-state index contributed by atoms with van der Waals surface area (Å²) in [5, 5.41) is 0. The second-order valence-corrected chi connectivity index (χ2v) is 6.95. The van der Waals surface area contributed by atoms with Crippen LogP contribution in [-0.2, 0) is 9.30 Å². The van der Waals surface area contributed by atoms with E-state index in [9.17, 15) is 4.57 Å². The number of methoxy groups -OCH3 is 1. The first kappa shape index (κ1) is 18.1. The summed E-state index contributed by atoms with van der Waals surface area (Å²) in [4.78, 5) is 0. The van der Waals surface area contributed by atoms with Gasteiger partial charge in [-0.05, 0) is 19.3 Å². The van der Waals surface area contributed by atoms with E-state index in [-0.39, 0.29) is 5.85 Å². The molecule has 0 aromatic heterocycles. The molecule has 108 valence electrons. The first-order valence-electron chi connectivity index (χ1n) is 7.72. The highest BCUT2D eigenvalue weighted by atomic mass is 31.1. The Kier molecular flexibility index (Phi) is 13.5. The van der Waals surface area contributed by atoms with E-state index in [2.05, 4.69) is 13.8 Å². The molecule has 0 amide bonds. The lowest BCUT2D eigenvalue weighted by Crippen LogP contribution is -2.06. The second kappa shape index (κ2) is 13.5. The third kappa shape index (κ3) is 10.0. The molecule has 3 heteroatoms. The van der Waals surface area contributed by atoms with Gasteiger partial charge in [0.1, 0.15) is 6.16 Å². The number of ether oxygens (including phenoxy) is 1. The Bertz CT molecular complexity index is 195. The average Bonchev–Trinajstić information content (AvgIpc) is 2.39. The lowest BCUT2D eigenvalue weighted by Gasteiger charge is -2.05. The van der Waals surface area contributed by atoms with Crippen LogP contribution < -0.4 is 0 Å². The van der Waals surface area contributed by atoms with Gasteiger partial charge < -0.3 is 4.74 Å². The average molecular weight is 275 g/mol. The van der Waals surface area contributed by atoms with Gasteiger partial charge in [-0.2, -0.15) is 0 Å². The molecular formula is C15H32O2P+. The number of hydrogen-bond acceptors (Lipinski definition) is 2. The highest BCUT2D eigenvalue weighted by Gasteiger charge is 2.28. The Morgan fingerprint density at radius 1 is 0.889 bits per heavy atom.